The van der Waals surface area contributed by atoms with E-state index in [4.69, 9.17) is 14.2 Å². The van der Waals surface area contributed by atoms with Crippen LogP contribution in [0, 0.1) is 0 Å². The fourth-order valence-corrected chi connectivity index (χ4v) is 2.98. The fourth-order valence-electron chi connectivity index (χ4n) is 2.14. The van der Waals surface area contributed by atoms with Gasteiger partial charge in [0.05, 0.1) is 19.8 Å². The van der Waals surface area contributed by atoms with Crippen LogP contribution < -0.4 is 9.47 Å². The summed E-state index contributed by atoms with van der Waals surface area (Å²) in [5.74, 6) is 3.10. The fraction of sp³-hybridized carbons (Fsp3) is 0.500. The van der Waals surface area contributed by atoms with Crippen LogP contribution in [-0.4, -0.2) is 43.2 Å². The molecule has 0 amide bonds. The van der Waals surface area contributed by atoms with Crippen molar-refractivity contribution in [1.29, 1.82) is 0 Å². The van der Waals surface area contributed by atoms with E-state index in [-0.39, 0.29) is 11.9 Å². The number of ketones is 1. The number of carbonyl (C=O) groups excluding carboxylic acids is 1. The Kier molecular flexibility index (Phi) is 3.94. The number of Topliss-reactive ketones (excluding diaryl/α,β-unsaturated/α-hetero) is 1. The van der Waals surface area contributed by atoms with Crippen molar-refractivity contribution in [2.75, 3.05) is 31.3 Å². The minimum Gasteiger partial charge on any atom is -0.490 e. The van der Waals surface area contributed by atoms with E-state index in [9.17, 15) is 4.79 Å². The Balaban J connectivity index is 1.80. The molecule has 2 aliphatic heterocycles. The van der Waals surface area contributed by atoms with Crippen molar-refractivity contribution in [2.24, 2.45) is 0 Å². The Bertz CT molecular complexity index is 469. The van der Waals surface area contributed by atoms with Crippen molar-refractivity contribution in [3.63, 3.8) is 0 Å². The molecule has 0 radical (unpaired) electrons. The Morgan fingerprint density at radius 2 is 2.00 bits per heavy atom. The van der Waals surface area contributed by atoms with E-state index in [1.165, 1.54) is 0 Å². The number of thioether (sulfide) groups is 1. The summed E-state index contributed by atoms with van der Waals surface area (Å²) in [7, 11) is 0. The first-order chi connectivity index (χ1) is 9.34. The maximum Gasteiger partial charge on any atom is 0.192 e. The standard InChI is InChI=1S/C14H16O4S/c15-14(13-9-19-7-6-18-13)10-2-3-11-12(8-10)17-5-1-4-16-11/h2-3,8,13H,1,4-7,9H2. The van der Waals surface area contributed by atoms with Gasteiger partial charge in [0.2, 0.25) is 0 Å². The highest BCUT2D eigenvalue weighted by Crippen LogP contribution is 2.31. The van der Waals surface area contributed by atoms with Crippen molar-refractivity contribution in [2.45, 2.75) is 12.5 Å². The summed E-state index contributed by atoms with van der Waals surface area (Å²) in [5.41, 5.74) is 0.636. The van der Waals surface area contributed by atoms with Gasteiger partial charge in [-0.25, -0.2) is 0 Å². The molecule has 19 heavy (non-hydrogen) atoms. The minimum absolute atomic E-state index is 0.0304. The summed E-state index contributed by atoms with van der Waals surface area (Å²) in [6, 6.07) is 5.37. The van der Waals surface area contributed by atoms with Crippen molar-refractivity contribution in [3.8, 4) is 11.5 Å². The molecule has 0 aromatic heterocycles. The SMILES string of the molecule is O=C(c1ccc2c(c1)OCCCO2)C1CSCCO1. The number of fused-ring (bicyclic) bond motifs is 1. The van der Waals surface area contributed by atoms with Gasteiger partial charge in [-0.15, -0.1) is 0 Å². The van der Waals surface area contributed by atoms with Crippen LogP contribution in [0.4, 0.5) is 0 Å². The molecule has 0 N–H and O–H groups in total. The van der Waals surface area contributed by atoms with Gasteiger partial charge in [0.1, 0.15) is 6.10 Å². The zero-order valence-electron chi connectivity index (χ0n) is 10.6. The van der Waals surface area contributed by atoms with Gasteiger partial charge < -0.3 is 14.2 Å². The zero-order valence-corrected chi connectivity index (χ0v) is 11.4. The van der Waals surface area contributed by atoms with E-state index in [1.54, 1.807) is 23.9 Å². The second kappa shape index (κ2) is 5.84. The minimum atomic E-state index is -0.330. The molecule has 0 spiro atoms. The first kappa shape index (κ1) is 12.8. The monoisotopic (exact) mass is 280 g/mol. The Morgan fingerprint density at radius 1 is 1.16 bits per heavy atom. The van der Waals surface area contributed by atoms with Gasteiger partial charge in [-0.1, -0.05) is 0 Å². The van der Waals surface area contributed by atoms with Crippen LogP contribution in [0.5, 0.6) is 11.5 Å². The second-order valence-corrected chi connectivity index (χ2v) is 5.66. The van der Waals surface area contributed by atoms with E-state index in [0.717, 1.165) is 17.9 Å². The molecule has 1 aromatic rings. The molecule has 2 heterocycles. The lowest BCUT2D eigenvalue weighted by Crippen LogP contribution is -2.31. The topological polar surface area (TPSA) is 44.8 Å². The van der Waals surface area contributed by atoms with Gasteiger partial charge in [0, 0.05) is 23.5 Å². The molecule has 0 bridgehead atoms. The third-order valence-electron chi connectivity index (χ3n) is 3.14. The molecular formula is C14H16O4S. The zero-order chi connectivity index (χ0) is 13.1. The van der Waals surface area contributed by atoms with Gasteiger partial charge in [-0.2, -0.15) is 11.8 Å². The third kappa shape index (κ3) is 2.87. The van der Waals surface area contributed by atoms with E-state index < -0.39 is 0 Å². The summed E-state index contributed by atoms with van der Waals surface area (Å²) >= 11 is 1.76. The van der Waals surface area contributed by atoms with Gasteiger partial charge in [0.25, 0.3) is 0 Å². The van der Waals surface area contributed by atoms with Crippen LogP contribution in [0.1, 0.15) is 16.8 Å². The summed E-state index contributed by atoms with van der Waals surface area (Å²) in [6.45, 7) is 1.93. The molecule has 4 nitrogen and oxygen atoms in total. The van der Waals surface area contributed by atoms with Crippen LogP contribution in [0.15, 0.2) is 18.2 Å². The Hall–Kier alpha value is -1.20. The molecule has 1 unspecified atom stereocenters. The first-order valence-corrected chi connectivity index (χ1v) is 7.63. The predicted octanol–water partition coefficient (Wildman–Crippen LogP) is 2.16. The Labute approximate surface area is 116 Å². The van der Waals surface area contributed by atoms with Crippen molar-refractivity contribution in [3.05, 3.63) is 23.8 Å². The average molecular weight is 280 g/mol. The highest BCUT2D eigenvalue weighted by atomic mass is 32.2. The van der Waals surface area contributed by atoms with Gasteiger partial charge in [-0.3, -0.25) is 4.79 Å². The van der Waals surface area contributed by atoms with E-state index in [2.05, 4.69) is 0 Å². The van der Waals surface area contributed by atoms with Gasteiger partial charge in [0.15, 0.2) is 17.3 Å². The molecule has 1 aromatic carbocycles. The van der Waals surface area contributed by atoms with Crippen molar-refractivity contribution in [1.82, 2.24) is 0 Å². The van der Waals surface area contributed by atoms with E-state index in [1.807, 2.05) is 6.07 Å². The molecule has 0 aliphatic carbocycles. The largest absolute Gasteiger partial charge is 0.490 e. The summed E-state index contributed by atoms with van der Waals surface area (Å²) in [6.07, 6.45) is 0.531. The third-order valence-corrected chi connectivity index (χ3v) is 4.13. The van der Waals surface area contributed by atoms with Crippen LogP contribution in [-0.2, 0) is 4.74 Å². The first-order valence-electron chi connectivity index (χ1n) is 6.48. The maximum absolute atomic E-state index is 12.3. The quantitative estimate of drug-likeness (QED) is 0.777. The molecule has 1 saturated heterocycles. The lowest BCUT2D eigenvalue weighted by molar-refractivity contribution is 0.0518. The molecule has 102 valence electrons. The molecule has 3 rings (SSSR count). The number of rotatable bonds is 2. The molecule has 5 heteroatoms. The predicted molar refractivity (Wildman–Crippen MR) is 73.4 cm³/mol. The van der Waals surface area contributed by atoms with Crippen molar-refractivity contribution < 1.29 is 19.0 Å². The number of benzene rings is 1. The smallest absolute Gasteiger partial charge is 0.192 e. The van der Waals surface area contributed by atoms with Gasteiger partial charge in [-0.05, 0) is 18.2 Å². The number of carbonyl (C=O) groups is 1. The number of hydrogen-bond acceptors (Lipinski definition) is 5. The van der Waals surface area contributed by atoms with E-state index >= 15 is 0 Å². The van der Waals surface area contributed by atoms with Crippen molar-refractivity contribution >= 4 is 17.5 Å². The summed E-state index contributed by atoms with van der Waals surface area (Å²) in [4.78, 5) is 12.3. The second-order valence-electron chi connectivity index (χ2n) is 4.51. The number of hydrogen-bond donors (Lipinski definition) is 0. The maximum atomic E-state index is 12.3. The average Bonchev–Trinajstić information content (AvgIpc) is 2.72. The van der Waals surface area contributed by atoms with Crippen LogP contribution in [0.2, 0.25) is 0 Å². The molecule has 1 fully saturated rings. The lowest BCUT2D eigenvalue weighted by Gasteiger charge is -2.21. The highest BCUT2D eigenvalue weighted by Gasteiger charge is 2.24. The Morgan fingerprint density at radius 3 is 2.79 bits per heavy atom. The summed E-state index contributed by atoms with van der Waals surface area (Å²) < 4.78 is 16.7. The lowest BCUT2D eigenvalue weighted by atomic mass is 10.1. The van der Waals surface area contributed by atoms with E-state index in [0.29, 0.717) is 36.9 Å². The molecule has 2 aliphatic rings. The summed E-state index contributed by atoms with van der Waals surface area (Å²) in [5, 5.41) is 0. The molecule has 1 atom stereocenters. The molecule has 0 saturated carbocycles. The highest BCUT2D eigenvalue weighted by molar-refractivity contribution is 7.99. The normalized spacial score (nSPS) is 22.6. The van der Waals surface area contributed by atoms with Crippen LogP contribution in [0.3, 0.4) is 0 Å². The van der Waals surface area contributed by atoms with Crippen LogP contribution >= 0.6 is 11.8 Å². The van der Waals surface area contributed by atoms with Gasteiger partial charge >= 0.3 is 0 Å². The van der Waals surface area contributed by atoms with Crippen LogP contribution in [0.25, 0.3) is 0 Å². The molecular weight excluding hydrogens is 264 g/mol. The number of ether oxygens (including phenoxy) is 3.